The Labute approximate surface area is 237 Å². The number of aromatic nitrogens is 5. The predicted molar refractivity (Wildman–Crippen MR) is 141 cm³/mol. The molecule has 0 saturated carbocycles. The van der Waals surface area contributed by atoms with Gasteiger partial charge in [0.1, 0.15) is 24.5 Å². The summed E-state index contributed by atoms with van der Waals surface area (Å²) in [6.07, 6.45) is 5.22. The number of rotatable bonds is 10. The molecule has 0 radical (unpaired) electrons. The van der Waals surface area contributed by atoms with Crippen molar-refractivity contribution in [1.29, 1.82) is 0 Å². The van der Waals surface area contributed by atoms with Crippen molar-refractivity contribution in [3.8, 4) is 11.3 Å². The summed E-state index contributed by atoms with van der Waals surface area (Å²) in [6.45, 7) is 3.99. The van der Waals surface area contributed by atoms with Crippen LogP contribution in [0.5, 0.6) is 0 Å². The minimum absolute atomic E-state index is 0.0672. The lowest BCUT2D eigenvalue weighted by atomic mass is 9.98. The Morgan fingerprint density at radius 3 is 2.66 bits per heavy atom. The molecule has 0 bridgehead atoms. The minimum atomic E-state index is -5.00. The van der Waals surface area contributed by atoms with E-state index in [-0.39, 0.29) is 21.7 Å². The van der Waals surface area contributed by atoms with E-state index in [4.69, 9.17) is 10.6 Å². The molecule has 3 aromatic heterocycles. The number of carboxylic acid groups (broad SMARTS) is 1. The first-order valence-corrected chi connectivity index (χ1v) is 14.0. The Hall–Kier alpha value is -4.49. The Bertz CT molecular complexity index is 1660. The zero-order chi connectivity index (χ0) is 30.3. The molecule has 1 aliphatic rings. The molecule has 5 N–H and O–H groups in total. The Morgan fingerprint density at radius 2 is 2.07 bits per heavy atom. The molecule has 4 heterocycles. The van der Waals surface area contributed by atoms with Crippen molar-refractivity contribution >= 4 is 50.3 Å². The number of nitrogen functional groups attached to an aromatic ring is 1. The molecule has 19 heteroatoms. The predicted octanol–water partition coefficient (Wildman–Crippen LogP) is -1.10. The van der Waals surface area contributed by atoms with Crippen molar-refractivity contribution in [2.45, 2.75) is 45.0 Å². The van der Waals surface area contributed by atoms with Crippen molar-refractivity contribution in [3.05, 3.63) is 41.3 Å². The molecular weight excluding hydrogens is 582 g/mol. The lowest BCUT2D eigenvalue weighted by Crippen LogP contribution is -2.73. The highest BCUT2D eigenvalue weighted by Crippen LogP contribution is 2.26. The maximum absolute atomic E-state index is 13.2. The second-order valence-electron chi connectivity index (χ2n) is 9.58. The zero-order valence-electron chi connectivity index (χ0n) is 22.1. The average molecular weight is 609 g/mol. The number of carboxylic acids is 1. The highest BCUT2D eigenvalue weighted by molar-refractivity contribution is 7.84. The first-order chi connectivity index (χ1) is 19.1. The summed E-state index contributed by atoms with van der Waals surface area (Å²) in [7, 11) is -3.14. The number of amides is 2. The standard InChI is InChI=1S/C22H25N9O8S2/c1-11-7-29(4)6-5-12(11)13-8-30(28-26-13)9-15-17(19(33)31(15)41(36,37)38)25-18(32)16(14-10-40-21(23)24-14)27-39-22(2,3)20(34)35/h5-8,10,15,17H,9H2,1-4H3,(H4-,23,24,25,32,34,35,36,37,38)/p+1/t15-,17+/m1/s1. The lowest BCUT2D eigenvalue weighted by Gasteiger charge is -2.43. The molecule has 1 aliphatic heterocycles. The molecule has 17 nitrogen and oxygen atoms in total. The van der Waals surface area contributed by atoms with Gasteiger partial charge in [-0.2, -0.15) is 8.42 Å². The third kappa shape index (κ3) is 6.15. The van der Waals surface area contributed by atoms with Crippen molar-refractivity contribution in [2.24, 2.45) is 12.2 Å². The van der Waals surface area contributed by atoms with Gasteiger partial charge in [0, 0.05) is 22.6 Å². The number of nitrogens with zero attached hydrogens (tertiary/aromatic N) is 7. The Kier molecular flexibility index (Phi) is 7.78. The fourth-order valence-electron chi connectivity index (χ4n) is 3.88. The van der Waals surface area contributed by atoms with Gasteiger partial charge in [-0.25, -0.2) is 23.3 Å². The van der Waals surface area contributed by atoms with Crippen LogP contribution in [0, 0.1) is 6.92 Å². The smallest absolute Gasteiger partial charge is 0.362 e. The third-order valence-corrected chi connectivity index (χ3v) is 7.67. The van der Waals surface area contributed by atoms with E-state index in [1.165, 1.54) is 30.1 Å². The summed E-state index contributed by atoms with van der Waals surface area (Å²) in [5, 5.41) is 24.9. The number of thiazole rings is 1. The normalized spacial score (nSPS) is 17.7. The van der Waals surface area contributed by atoms with Crippen LogP contribution in [0.15, 0.2) is 35.2 Å². The number of β-lactam (4-membered cyclic amide) rings is 1. The largest absolute Gasteiger partial charge is 0.478 e. The molecule has 0 aliphatic carbocycles. The number of aryl methyl sites for hydroxylation is 2. The van der Waals surface area contributed by atoms with Crippen LogP contribution in [0.3, 0.4) is 0 Å². The number of hydrogen-bond acceptors (Lipinski definition) is 12. The van der Waals surface area contributed by atoms with E-state index in [1.807, 2.05) is 37.0 Å². The lowest BCUT2D eigenvalue weighted by molar-refractivity contribution is -0.671. The molecule has 3 aromatic rings. The van der Waals surface area contributed by atoms with E-state index in [2.05, 4.69) is 25.8 Å². The summed E-state index contributed by atoms with van der Waals surface area (Å²) < 4.78 is 36.9. The second-order valence-corrected chi connectivity index (χ2v) is 11.8. The molecule has 4 rings (SSSR count). The summed E-state index contributed by atoms with van der Waals surface area (Å²) in [5.41, 5.74) is 5.37. The first kappa shape index (κ1) is 29.5. The van der Waals surface area contributed by atoms with Crippen molar-refractivity contribution in [3.63, 3.8) is 0 Å². The van der Waals surface area contributed by atoms with Gasteiger partial charge in [0.25, 0.3) is 11.8 Å². The second kappa shape index (κ2) is 10.8. The van der Waals surface area contributed by atoms with E-state index in [9.17, 15) is 32.5 Å². The number of aliphatic carboxylic acids is 1. The number of nitrogens with two attached hydrogens (primary N) is 1. The fraction of sp³-hybridized carbons (Fsp3) is 0.364. The van der Waals surface area contributed by atoms with Gasteiger partial charge in [-0.3, -0.25) is 14.1 Å². The maximum Gasteiger partial charge on any atom is 0.362 e. The van der Waals surface area contributed by atoms with Gasteiger partial charge in [-0.1, -0.05) is 10.4 Å². The van der Waals surface area contributed by atoms with Gasteiger partial charge in [0.2, 0.25) is 5.60 Å². The van der Waals surface area contributed by atoms with E-state index in [0.717, 1.165) is 22.5 Å². The van der Waals surface area contributed by atoms with Crippen LogP contribution >= 0.6 is 11.3 Å². The summed E-state index contributed by atoms with van der Waals surface area (Å²) >= 11 is 0.964. The molecule has 2 amide bonds. The van der Waals surface area contributed by atoms with Gasteiger partial charge in [-0.15, -0.1) is 16.4 Å². The van der Waals surface area contributed by atoms with E-state index in [0.29, 0.717) is 5.69 Å². The number of carbonyl (C=O) groups excluding carboxylic acids is 2. The number of nitrogens with one attached hydrogen (secondary N) is 1. The van der Waals surface area contributed by atoms with Gasteiger partial charge in [0.15, 0.2) is 23.2 Å². The summed E-state index contributed by atoms with van der Waals surface area (Å²) in [5.74, 6) is -3.54. The van der Waals surface area contributed by atoms with Gasteiger partial charge < -0.3 is 21.0 Å². The van der Waals surface area contributed by atoms with Crippen LogP contribution in [0.4, 0.5) is 5.13 Å². The molecule has 1 saturated heterocycles. The summed E-state index contributed by atoms with van der Waals surface area (Å²) in [6, 6.07) is -0.934. The number of carbonyl (C=O) groups is 3. The van der Waals surface area contributed by atoms with Crippen molar-refractivity contribution in [2.75, 3.05) is 5.73 Å². The van der Waals surface area contributed by atoms with Gasteiger partial charge in [-0.05, 0) is 20.8 Å². The van der Waals surface area contributed by atoms with Crippen LogP contribution in [0.2, 0.25) is 0 Å². The Balaban J connectivity index is 1.61. The maximum atomic E-state index is 13.2. The van der Waals surface area contributed by atoms with Gasteiger partial charge in [0.05, 0.1) is 18.8 Å². The van der Waals surface area contributed by atoms with Crippen molar-refractivity contribution in [1.82, 2.24) is 29.6 Å². The quantitative estimate of drug-likeness (QED) is 0.0705. The van der Waals surface area contributed by atoms with Crippen molar-refractivity contribution < 1.29 is 41.9 Å². The minimum Gasteiger partial charge on any atom is -0.478 e. The van der Waals surface area contributed by atoms with Crippen LogP contribution in [0.1, 0.15) is 25.1 Å². The van der Waals surface area contributed by atoms with E-state index < -0.39 is 51.5 Å². The number of pyridine rings is 1. The molecule has 1 fully saturated rings. The molecule has 2 atom stereocenters. The Morgan fingerprint density at radius 1 is 1.37 bits per heavy atom. The summed E-state index contributed by atoms with van der Waals surface area (Å²) in [4.78, 5) is 46.4. The number of anilines is 1. The van der Waals surface area contributed by atoms with Crippen LogP contribution in [-0.2, 0) is 43.1 Å². The average Bonchev–Trinajstić information content (AvgIpc) is 3.50. The molecule has 0 spiro atoms. The van der Waals surface area contributed by atoms with E-state index in [1.54, 1.807) is 0 Å². The molecule has 0 unspecified atom stereocenters. The SMILES string of the molecule is Cc1c[n+](C)ccc1-c1cn(C[C@@H]2[C@H](NC(=O)C(=NOC(C)(C)C(=O)O)c3csc(N)n3)C(=O)N2S(=O)(=O)O)nn1. The van der Waals surface area contributed by atoms with Gasteiger partial charge >= 0.3 is 16.3 Å². The highest BCUT2D eigenvalue weighted by atomic mass is 32.2. The monoisotopic (exact) mass is 608 g/mol. The molecule has 0 aromatic carbocycles. The molecule has 218 valence electrons. The number of oxime groups is 1. The third-order valence-electron chi connectivity index (χ3n) is 6.05. The zero-order valence-corrected chi connectivity index (χ0v) is 23.7. The first-order valence-electron chi connectivity index (χ1n) is 11.8. The van der Waals surface area contributed by atoms with Crippen LogP contribution < -0.4 is 15.6 Å². The molecular formula is C22H26N9O8S2+. The highest BCUT2D eigenvalue weighted by Gasteiger charge is 2.54. The van der Waals surface area contributed by atoms with E-state index >= 15 is 0 Å². The topological polar surface area (TPSA) is 236 Å². The number of hydrogen-bond donors (Lipinski definition) is 4. The van der Waals surface area contributed by atoms with Crippen LogP contribution in [-0.4, -0.2) is 83.5 Å². The van der Waals surface area contributed by atoms with Crippen LogP contribution in [0.25, 0.3) is 11.3 Å². The molecule has 41 heavy (non-hydrogen) atoms. The fourth-order valence-corrected chi connectivity index (χ4v) is 5.30.